The maximum Gasteiger partial charge on any atom is 0.423 e. The first-order chi connectivity index (χ1) is 17.8. The zero-order chi connectivity index (χ0) is 27.7. The number of aromatic nitrogens is 4. The van der Waals surface area contributed by atoms with Crippen LogP contribution in [-0.2, 0) is 18.9 Å². The first-order valence-corrected chi connectivity index (χ1v) is 11.4. The molecular weight excluding hydrogens is 516 g/mol. The van der Waals surface area contributed by atoms with E-state index in [1.54, 1.807) is 42.5 Å². The van der Waals surface area contributed by atoms with Gasteiger partial charge in [0.15, 0.2) is 0 Å². The highest BCUT2D eigenvalue weighted by Gasteiger charge is 2.37. The Balaban J connectivity index is 1.43. The Hall–Kier alpha value is -4.16. The van der Waals surface area contributed by atoms with Crippen LogP contribution in [0.4, 0.5) is 32.0 Å². The predicted molar refractivity (Wildman–Crippen MR) is 129 cm³/mol. The topological polar surface area (TPSA) is 92.7 Å². The van der Waals surface area contributed by atoms with Crippen LogP contribution in [0.1, 0.15) is 30.9 Å². The minimum atomic E-state index is -4.85. The number of alkyl halides is 6. The van der Waals surface area contributed by atoms with Crippen LogP contribution in [0.3, 0.4) is 0 Å². The Labute approximate surface area is 211 Å². The van der Waals surface area contributed by atoms with Crippen molar-refractivity contribution in [2.45, 2.75) is 44.7 Å². The highest BCUT2D eigenvalue weighted by atomic mass is 19.4. The van der Waals surface area contributed by atoms with Crippen molar-refractivity contribution in [1.82, 2.24) is 19.7 Å². The van der Waals surface area contributed by atoms with E-state index in [0.29, 0.717) is 41.4 Å². The summed E-state index contributed by atoms with van der Waals surface area (Å²) in [6.45, 7) is 1.95. The normalized spacial score (nSPS) is 13.0. The van der Waals surface area contributed by atoms with Crippen LogP contribution < -0.4 is 16.4 Å². The molecule has 13 heteroatoms. The number of rotatable bonds is 7. The summed E-state index contributed by atoms with van der Waals surface area (Å²) in [5.41, 5.74) is -3.37. The summed E-state index contributed by atoms with van der Waals surface area (Å²) in [7, 11) is 0. The van der Waals surface area contributed by atoms with Gasteiger partial charge in [0.2, 0.25) is 0 Å². The van der Waals surface area contributed by atoms with Crippen LogP contribution in [-0.4, -0.2) is 25.8 Å². The molecule has 0 saturated carbocycles. The van der Waals surface area contributed by atoms with Gasteiger partial charge in [-0.05, 0) is 55.5 Å². The summed E-state index contributed by atoms with van der Waals surface area (Å²) < 4.78 is 79.5. The number of hydrogen-bond donors (Lipinski definition) is 2. The second-order valence-corrected chi connectivity index (χ2v) is 8.72. The fraction of sp³-hybridized carbons (Fsp3) is 0.280. The van der Waals surface area contributed by atoms with Crippen LogP contribution in [0.15, 0.2) is 64.6 Å². The van der Waals surface area contributed by atoms with Crippen molar-refractivity contribution in [3.8, 4) is 11.3 Å². The van der Waals surface area contributed by atoms with Crippen molar-refractivity contribution in [3.63, 3.8) is 0 Å². The third-order valence-corrected chi connectivity index (χ3v) is 5.94. The molecule has 3 aromatic heterocycles. The van der Waals surface area contributed by atoms with E-state index in [-0.39, 0.29) is 5.56 Å². The minimum Gasteiger partial charge on any atom is -0.381 e. The first kappa shape index (κ1) is 26.9. The van der Waals surface area contributed by atoms with Gasteiger partial charge >= 0.3 is 12.4 Å². The molecule has 0 aliphatic heterocycles. The Kier molecular flexibility index (Phi) is 7.29. The second-order valence-electron chi connectivity index (χ2n) is 8.72. The number of pyridine rings is 2. The van der Waals surface area contributed by atoms with Gasteiger partial charge in [-0.25, -0.2) is 5.10 Å². The Morgan fingerprint density at radius 2 is 1.76 bits per heavy atom. The number of H-pyrrole nitrogens is 1. The van der Waals surface area contributed by atoms with E-state index < -0.39 is 40.8 Å². The quantitative estimate of drug-likeness (QED) is 0.305. The highest BCUT2D eigenvalue weighted by Crippen LogP contribution is 2.32. The Morgan fingerprint density at radius 1 is 1.00 bits per heavy atom. The summed E-state index contributed by atoms with van der Waals surface area (Å²) in [6, 6.07) is 8.29. The van der Waals surface area contributed by atoms with E-state index in [9.17, 15) is 35.9 Å². The number of nitrogens with one attached hydrogen (secondary N) is 2. The largest absolute Gasteiger partial charge is 0.423 e. The predicted octanol–water partition coefficient (Wildman–Crippen LogP) is 5.47. The van der Waals surface area contributed by atoms with Gasteiger partial charge in [0.05, 0.1) is 23.1 Å². The van der Waals surface area contributed by atoms with Gasteiger partial charge in [0.25, 0.3) is 11.1 Å². The van der Waals surface area contributed by atoms with Gasteiger partial charge in [0.1, 0.15) is 5.56 Å². The number of anilines is 1. The van der Waals surface area contributed by atoms with Gasteiger partial charge in [-0.3, -0.25) is 14.6 Å². The van der Waals surface area contributed by atoms with E-state index in [1.165, 1.54) is 10.6 Å². The van der Waals surface area contributed by atoms with Crippen molar-refractivity contribution in [2.24, 2.45) is 0 Å². The van der Waals surface area contributed by atoms with Crippen molar-refractivity contribution in [2.75, 3.05) is 5.32 Å². The molecule has 4 rings (SSSR count). The van der Waals surface area contributed by atoms with E-state index in [4.69, 9.17) is 0 Å². The molecule has 0 unspecified atom stereocenters. The van der Waals surface area contributed by atoms with Gasteiger partial charge in [-0.2, -0.15) is 31.4 Å². The summed E-state index contributed by atoms with van der Waals surface area (Å²) in [5, 5.41) is 8.85. The van der Waals surface area contributed by atoms with Crippen molar-refractivity contribution in [3.05, 3.63) is 86.8 Å². The number of nitrogens with zero attached hydrogens (tertiary/aromatic N) is 3. The monoisotopic (exact) mass is 537 g/mol. The maximum atomic E-state index is 13.2. The average molecular weight is 537 g/mol. The molecule has 0 radical (unpaired) electrons. The van der Waals surface area contributed by atoms with Crippen LogP contribution in [0.5, 0.6) is 0 Å². The summed E-state index contributed by atoms with van der Waals surface area (Å²) >= 11 is 0. The van der Waals surface area contributed by atoms with E-state index in [0.717, 1.165) is 18.5 Å². The molecule has 0 fully saturated rings. The van der Waals surface area contributed by atoms with E-state index in [1.807, 2.05) is 0 Å². The van der Waals surface area contributed by atoms with Crippen LogP contribution >= 0.6 is 0 Å². The lowest BCUT2D eigenvalue weighted by atomic mass is 10.1. The molecule has 200 valence electrons. The number of benzene rings is 1. The third kappa shape index (κ3) is 5.87. The molecule has 1 atom stereocenters. The van der Waals surface area contributed by atoms with Crippen LogP contribution in [0.2, 0.25) is 0 Å². The number of halogens is 6. The number of hydrogen-bond acceptors (Lipinski definition) is 5. The van der Waals surface area contributed by atoms with Crippen LogP contribution in [0, 0.1) is 0 Å². The fourth-order valence-corrected chi connectivity index (χ4v) is 4.05. The molecule has 38 heavy (non-hydrogen) atoms. The molecule has 0 aliphatic rings. The molecule has 3 heterocycles. The molecule has 2 N–H and O–H groups in total. The fourth-order valence-electron chi connectivity index (χ4n) is 4.05. The lowest BCUT2D eigenvalue weighted by molar-refractivity contribution is -0.138. The lowest BCUT2D eigenvalue weighted by Gasteiger charge is -2.18. The molecule has 0 saturated heterocycles. The molecule has 0 amide bonds. The number of fused-ring (bicyclic) bond motifs is 1. The molecular formula is C25H21F6N5O2. The standard InChI is InChI=1S/C25H21F6N5O2/c1-14(34-20-13-33-35-22(37)21(20)25(29,30)31)3-2-9-36-10-8-15-11-16(4-6-18(15)23(36)38)19-7-5-17(12-32-19)24(26,27)28/h4-8,10-14H,2-3,9H2,1H3,(H2,34,35,37)/t14-/m0/s1. The van der Waals surface area contributed by atoms with Crippen molar-refractivity contribution < 1.29 is 26.3 Å². The van der Waals surface area contributed by atoms with Crippen LogP contribution in [0.25, 0.3) is 22.0 Å². The molecule has 1 aromatic carbocycles. The second kappa shape index (κ2) is 10.3. The average Bonchev–Trinajstić information content (AvgIpc) is 2.84. The summed E-state index contributed by atoms with van der Waals surface area (Å²) in [6.07, 6.45) is -5.25. The Bertz CT molecular complexity index is 1560. The minimum absolute atomic E-state index is 0.284. The molecule has 7 nitrogen and oxygen atoms in total. The molecule has 0 aliphatic carbocycles. The van der Waals surface area contributed by atoms with E-state index >= 15 is 0 Å². The maximum absolute atomic E-state index is 13.2. The van der Waals surface area contributed by atoms with E-state index in [2.05, 4.69) is 15.4 Å². The van der Waals surface area contributed by atoms with Gasteiger partial charge in [-0.1, -0.05) is 6.07 Å². The van der Waals surface area contributed by atoms with Gasteiger partial charge in [0, 0.05) is 35.9 Å². The highest BCUT2D eigenvalue weighted by molar-refractivity contribution is 5.86. The van der Waals surface area contributed by atoms with Crippen molar-refractivity contribution >= 4 is 16.5 Å². The van der Waals surface area contributed by atoms with Gasteiger partial charge < -0.3 is 9.88 Å². The first-order valence-electron chi connectivity index (χ1n) is 11.4. The Morgan fingerprint density at radius 3 is 2.42 bits per heavy atom. The molecule has 0 bridgehead atoms. The third-order valence-electron chi connectivity index (χ3n) is 5.94. The lowest BCUT2D eigenvalue weighted by Crippen LogP contribution is -2.27. The molecule has 0 spiro atoms. The van der Waals surface area contributed by atoms with Gasteiger partial charge in [-0.15, -0.1) is 0 Å². The zero-order valence-electron chi connectivity index (χ0n) is 19.8. The number of aryl methyl sites for hydroxylation is 1. The zero-order valence-corrected chi connectivity index (χ0v) is 19.8. The smallest absolute Gasteiger partial charge is 0.381 e. The van der Waals surface area contributed by atoms with Crippen molar-refractivity contribution in [1.29, 1.82) is 0 Å². The summed E-state index contributed by atoms with van der Waals surface area (Å²) in [4.78, 5) is 28.4. The molecule has 4 aromatic rings. The number of aromatic amines is 1. The summed E-state index contributed by atoms with van der Waals surface area (Å²) in [5.74, 6) is 0. The SMILES string of the molecule is C[C@@H](CCCn1ccc2cc(-c3ccc(C(F)(F)F)cn3)ccc2c1=O)Nc1cn[nH]c(=O)c1C(F)(F)F.